The molecule has 0 spiro atoms. The Morgan fingerprint density at radius 1 is 1.40 bits per heavy atom. The quantitative estimate of drug-likeness (QED) is 0.513. The summed E-state index contributed by atoms with van der Waals surface area (Å²) in [6.45, 7) is 4.02. The van der Waals surface area contributed by atoms with Gasteiger partial charge in [0, 0.05) is 5.69 Å². The van der Waals surface area contributed by atoms with Gasteiger partial charge in [-0.1, -0.05) is 36.9 Å². The van der Waals surface area contributed by atoms with Crippen LogP contribution in [0, 0.1) is 0 Å². The largest absolute Gasteiger partial charge is 0.448 e. The first-order chi connectivity index (χ1) is 9.71. The average molecular weight is 294 g/mol. The Bertz CT molecular complexity index is 489. The SMILES string of the molecule is CCOC(=O)/N=C(/Nc1ccccc1CC)SCC=O. The second-order valence-corrected chi connectivity index (χ2v) is 4.74. The average Bonchev–Trinajstić information content (AvgIpc) is 2.45. The molecule has 5 nitrogen and oxygen atoms in total. The lowest BCUT2D eigenvalue weighted by Crippen LogP contribution is -2.13. The summed E-state index contributed by atoms with van der Waals surface area (Å²) in [5.41, 5.74) is 1.98. The van der Waals surface area contributed by atoms with Crippen molar-refractivity contribution in [2.45, 2.75) is 20.3 Å². The van der Waals surface area contributed by atoms with E-state index in [2.05, 4.69) is 10.3 Å². The van der Waals surface area contributed by atoms with Crippen LogP contribution >= 0.6 is 11.8 Å². The topological polar surface area (TPSA) is 67.8 Å². The Morgan fingerprint density at radius 3 is 2.80 bits per heavy atom. The van der Waals surface area contributed by atoms with E-state index in [-0.39, 0.29) is 12.4 Å². The Hall–Kier alpha value is -1.82. The van der Waals surface area contributed by atoms with Gasteiger partial charge in [0.05, 0.1) is 12.4 Å². The molecule has 0 aromatic heterocycles. The van der Waals surface area contributed by atoms with Crippen molar-refractivity contribution in [1.82, 2.24) is 0 Å². The van der Waals surface area contributed by atoms with Crippen molar-refractivity contribution in [2.24, 2.45) is 4.99 Å². The molecule has 0 fully saturated rings. The molecule has 1 amide bonds. The van der Waals surface area contributed by atoms with E-state index in [1.807, 2.05) is 31.2 Å². The number of hydrogen-bond donors (Lipinski definition) is 1. The van der Waals surface area contributed by atoms with Crippen LogP contribution in [0.15, 0.2) is 29.3 Å². The van der Waals surface area contributed by atoms with E-state index in [1.165, 1.54) is 0 Å². The van der Waals surface area contributed by atoms with Crippen LogP contribution in [-0.4, -0.2) is 29.9 Å². The predicted molar refractivity (Wildman–Crippen MR) is 82.4 cm³/mol. The normalized spacial score (nSPS) is 11.0. The number of nitrogens with zero attached hydrogens (tertiary/aromatic N) is 1. The molecule has 20 heavy (non-hydrogen) atoms. The van der Waals surface area contributed by atoms with Gasteiger partial charge in [-0.3, -0.25) is 0 Å². The van der Waals surface area contributed by atoms with Crippen molar-refractivity contribution in [1.29, 1.82) is 0 Å². The summed E-state index contributed by atoms with van der Waals surface area (Å²) in [5.74, 6) is 0.222. The highest BCUT2D eigenvalue weighted by atomic mass is 32.2. The van der Waals surface area contributed by atoms with Crippen LogP contribution in [0.3, 0.4) is 0 Å². The number of ether oxygens (including phenoxy) is 1. The predicted octanol–water partition coefficient (Wildman–Crippen LogP) is 3.11. The summed E-state index contributed by atoms with van der Waals surface area (Å²) < 4.78 is 4.78. The molecular formula is C14H18N2O3S. The Morgan fingerprint density at radius 2 is 2.15 bits per heavy atom. The highest BCUT2D eigenvalue weighted by Crippen LogP contribution is 2.18. The molecular weight excluding hydrogens is 276 g/mol. The lowest BCUT2D eigenvalue weighted by atomic mass is 10.1. The lowest BCUT2D eigenvalue weighted by Gasteiger charge is -2.11. The summed E-state index contributed by atoms with van der Waals surface area (Å²) in [5, 5.41) is 3.43. The maximum Gasteiger partial charge on any atom is 0.436 e. The number of carbonyl (C=O) groups is 2. The number of hydrogen-bond acceptors (Lipinski definition) is 4. The molecule has 108 valence electrons. The lowest BCUT2D eigenvalue weighted by molar-refractivity contribution is -0.105. The van der Waals surface area contributed by atoms with E-state index in [4.69, 9.17) is 4.74 Å². The number of aliphatic imine (C=N–C) groups is 1. The Labute approximate surface area is 122 Å². The number of nitrogens with one attached hydrogen (secondary N) is 1. The van der Waals surface area contributed by atoms with Crippen LogP contribution in [0.1, 0.15) is 19.4 Å². The second-order valence-electron chi connectivity index (χ2n) is 3.73. The third kappa shape index (κ3) is 5.44. The van der Waals surface area contributed by atoms with Crippen LogP contribution in [0.5, 0.6) is 0 Å². The molecule has 6 heteroatoms. The third-order valence-corrected chi connectivity index (χ3v) is 3.16. The summed E-state index contributed by atoms with van der Waals surface area (Å²) >= 11 is 1.16. The molecule has 0 aliphatic heterocycles. The minimum atomic E-state index is -0.664. The molecule has 0 bridgehead atoms. The zero-order valence-electron chi connectivity index (χ0n) is 11.6. The van der Waals surface area contributed by atoms with Crippen molar-refractivity contribution in [3.8, 4) is 0 Å². The fraction of sp³-hybridized carbons (Fsp3) is 0.357. The number of aldehydes is 1. The molecule has 1 N–H and O–H groups in total. The second kappa shape index (κ2) is 9.14. The zero-order valence-corrected chi connectivity index (χ0v) is 12.4. The van der Waals surface area contributed by atoms with Crippen LogP contribution in [0.2, 0.25) is 0 Å². The molecule has 0 radical (unpaired) electrons. The highest BCUT2D eigenvalue weighted by molar-refractivity contribution is 8.14. The number of benzene rings is 1. The molecule has 0 atom stereocenters. The molecule has 0 unspecified atom stereocenters. The van der Waals surface area contributed by atoms with Crippen LogP contribution in [-0.2, 0) is 16.0 Å². The number of para-hydroxylation sites is 1. The number of aryl methyl sites for hydroxylation is 1. The molecule has 1 aromatic carbocycles. The van der Waals surface area contributed by atoms with E-state index < -0.39 is 6.09 Å². The Kier molecular flexibility index (Phi) is 7.42. The molecule has 0 aliphatic rings. The van der Waals surface area contributed by atoms with Crippen molar-refractivity contribution in [2.75, 3.05) is 17.7 Å². The standard InChI is InChI=1S/C14H18N2O3S/c1-3-11-7-5-6-8-12(11)15-13(20-10-9-17)16-14(18)19-4-2/h5-9H,3-4,10H2,1-2H3,(H,15,16,18). The van der Waals surface area contributed by atoms with Gasteiger partial charge in [0.15, 0.2) is 5.17 Å². The monoisotopic (exact) mass is 294 g/mol. The van der Waals surface area contributed by atoms with Crippen LogP contribution in [0.25, 0.3) is 0 Å². The van der Waals surface area contributed by atoms with Crippen molar-refractivity contribution in [3.63, 3.8) is 0 Å². The maximum absolute atomic E-state index is 11.4. The molecule has 0 heterocycles. The zero-order chi connectivity index (χ0) is 14.8. The third-order valence-electron chi connectivity index (χ3n) is 2.39. The number of thioether (sulfide) groups is 1. The summed E-state index contributed by atoms with van der Waals surface area (Å²) in [6.07, 6.45) is 0.954. The van der Waals surface area contributed by atoms with Crippen molar-refractivity contribution in [3.05, 3.63) is 29.8 Å². The number of anilines is 1. The first kappa shape index (κ1) is 16.2. The van der Waals surface area contributed by atoms with Gasteiger partial charge < -0.3 is 14.8 Å². The maximum atomic E-state index is 11.4. The van der Waals surface area contributed by atoms with Gasteiger partial charge in [-0.25, -0.2) is 4.79 Å². The number of carbonyl (C=O) groups excluding carboxylic acids is 2. The van der Waals surface area contributed by atoms with Crippen molar-refractivity contribution < 1.29 is 14.3 Å². The van der Waals surface area contributed by atoms with E-state index >= 15 is 0 Å². The minimum Gasteiger partial charge on any atom is -0.448 e. The molecule has 0 saturated heterocycles. The molecule has 0 aliphatic carbocycles. The fourth-order valence-corrected chi connectivity index (χ4v) is 2.06. The number of amidine groups is 1. The van der Waals surface area contributed by atoms with Gasteiger partial charge >= 0.3 is 6.09 Å². The van der Waals surface area contributed by atoms with Gasteiger partial charge in [-0.05, 0) is 25.0 Å². The van der Waals surface area contributed by atoms with Gasteiger partial charge in [0.25, 0.3) is 0 Å². The minimum absolute atomic E-state index is 0.222. The van der Waals surface area contributed by atoms with E-state index in [1.54, 1.807) is 6.92 Å². The summed E-state index contributed by atoms with van der Waals surface area (Å²) in [6, 6.07) is 7.74. The van der Waals surface area contributed by atoms with E-state index in [9.17, 15) is 9.59 Å². The van der Waals surface area contributed by atoms with Crippen LogP contribution in [0.4, 0.5) is 10.5 Å². The van der Waals surface area contributed by atoms with Crippen molar-refractivity contribution >= 4 is 35.0 Å². The van der Waals surface area contributed by atoms with E-state index in [0.717, 1.165) is 35.7 Å². The van der Waals surface area contributed by atoms with Gasteiger partial charge in [0.2, 0.25) is 0 Å². The molecule has 1 rings (SSSR count). The highest BCUT2D eigenvalue weighted by Gasteiger charge is 2.08. The number of rotatable bonds is 5. The van der Waals surface area contributed by atoms with Crippen LogP contribution < -0.4 is 5.32 Å². The van der Waals surface area contributed by atoms with Gasteiger partial charge in [0.1, 0.15) is 6.29 Å². The smallest absolute Gasteiger partial charge is 0.436 e. The summed E-state index contributed by atoms with van der Waals surface area (Å²) in [7, 11) is 0. The summed E-state index contributed by atoms with van der Waals surface area (Å²) in [4.78, 5) is 25.7. The number of amides is 1. The first-order valence-corrected chi connectivity index (χ1v) is 7.36. The molecule has 0 saturated carbocycles. The fourth-order valence-electron chi connectivity index (χ4n) is 1.51. The van der Waals surface area contributed by atoms with E-state index in [0.29, 0.717) is 5.17 Å². The van der Waals surface area contributed by atoms with Gasteiger partial charge in [-0.2, -0.15) is 4.99 Å². The molecule has 1 aromatic rings. The Balaban J connectivity index is 2.88. The first-order valence-electron chi connectivity index (χ1n) is 6.38. The van der Waals surface area contributed by atoms with Gasteiger partial charge in [-0.15, -0.1) is 0 Å².